The SMILES string of the molecule is COc1ncccc1N1CCCN(C(=O)c2ccc(NSc3cccc4cccnc34)cc2)CC1. The largest absolute Gasteiger partial charge is 0.480 e. The summed E-state index contributed by atoms with van der Waals surface area (Å²) < 4.78 is 8.79. The van der Waals surface area contributed by atoms with E-state index in [1.165, 1.54) is 11.9 Å². The van der Waals surface area contributed by atoms with Gasteiger partial charge in [0, 0.05) is 55.2 Å². The van der Waals surface area contributed by atoms with Crippen molar-refractivity contribution in [1.29, 1.82) is 0 Å². The van der Waals surface area contributed by atoms with E-state index in [-0.39, 0.29) is 5.91 Å². The zero-order valence-corrected chi connectivity index (χ0v) is 20.4. The average molecular weight is 486 g/mol. The highest BCUT2D eigenvalue weighted by Crippen LogP contribution is 2.28. The molecule has 4 aromatic rings. The Morgan fingerprint density at radius 3 is 2.57 bits per heavy atom. The Morgan fingerprint density at radius 1 is 0.914 bits per heavy atom. The maximum absolute atomic E-state index is 13.2. The molecule has 1 aliphatic heterocycles. The number of anilines is 2. The second-order valence-corrected chi connectivity index (χ2v) is 9.13. The van der Waals surface area contributed by atoms with Crippen LogP contribution in [0, 0.1) is 0 Å². The van der Waals surface area contributed by atoms with Gasteiger partial charge in [0.25, 0.3) is 5.91 Å². The van der Waals surface area contributed by atoms with Gasteiger partial charge in [-0.3, -0.25) is 9.78 Å². The van der Waals surface area contributed by atoms with Gasteiger partial charge in [0.2, 0.25) is 5.88 Å². The minimum atomic E-state index is 0.0578. The number of aromatic nitrogens is 2. The van der Waals surface area contributed by atoms with Crippen LogP contribution in [0.5, 0.6) is 5.88 Å². The Morgan fingerprint density at radius 2 is 1.71 bits per heavy atom. The fourth-order valence-electron chi connectivity index (χ4n) is 4.28. The summed E-state index contributed by atoms with van der Waals surface area (Å²) in [5.74, 6) is 0.676. The summed E-state index contributed by atoms with van der Waals surface area (Å²) in [5, 5.41) is 1.11. The molecule has 1 aliphatic rings. The molecule has 0 aliphatic carbocycles. The molecular formula is C27H27N5O2S. The van der Waals surface area contributed by atoms with Crippen molar-refractivity contribution >= 4 is 40.1 Å². The fourth-order valence-corrected chi connectivity index (χ4v) is 5.06. The quantitative estimate of drug-likeness (QED) is 0.381. The van der Waals surface area contributed by atoms with Gasteiger partial charge < -0.3 is 19.3 Å². The zero-order chi connectivity index (χ0) is 24.0. The third kappa shape index (κ3) is 5.17. The number of nitrogens with one attached hydrogen (secondary N) is 1. The molecule has 0 atom stereocenters. The molecule has 1 saturated heterocycles. The fraction of sp³-hybridized carbons (Fsp3) is 0.222. The molecule has 8 heteroatoms. The maximum Gasteiger partial charge on any atom is 0.253 e. The Hall–Kier alpha value is -3.78. The van der Waals surface area contributed by atoms with Crippen molar-refractivity contribution in [3.8, 4) is 5.88 Å². The van der Waals surface area contributed by atoms with Crippen LogP contribution in [0.25, 0.3) is 10.9 Å². The van der Waals surface area contributed by atoms with E-state index in [4.69, 9.17) is 4.74 Å². The predicted molar refractivity (Wildman–Crippen MR) is 141 cm³/mol. The van der Waals surface area contributed by atoms with Gasteiger partial charge in [-0.05, 0) is 66.9 Å². The van der Waals surface area contributed by atoms with E-state index in [1.54, 1.807) is 13.3 Å². The summed E-state index contributed by atoms with van der Waals surface area (Å²) in [6.07, 6.45) is 4.42. The summed E-state index contributed by atoms with van der Waals surface area (Å²) in [6, 6.07) is 21.7. The number of carbonyl (C=O) groups excluding carboxylic acids is 1. The summed E-state index contributed by atoms with van der Waals surface area (Å²) in [5.41, 5.74) is 3.57. The van der Waals surface area contributed by atoms with Crippen molar-refractivity contribution < 1.29 is 9.53 Å². The minimum absolute atomic E-state index is 0.0578. The molecule has 0 bridgehead atoms. The molecule has 0 spiro atoms. The van der Waals surface area contributed by atoms with Crippen LogP contribution < -0.4 is 14.4 Å². The Bertz CT molecular complexity index is 1310. The summed E-state index contributed by atoms with van der Waals surface area (Å²) in [7, 11) is 1.63. The van der Waals surface area contributed by atoms with Crippen LogP contribution in [0.4, 0.5) is 11.4 Å². The highest BCUT2D eigenvalue weighted by atomic mass is 32.2. The molecule has 1 N–H and O–H groups in total. The van der Waals surface area contributed by atoms with Gasteiger partial charge in [0.15, 0.2) is 0 Å². The van der Waals surface area contributed by atoms with E-state index in [0.717, 1.165) is 53.2 Å². The monoisotopic (exact) mass is 485 g/mol. The molecule has 7 nitrogen and oxygen atoms in total. The lowest BCUT2D eigenvalue weighted by molar-refractivity contribution is 0.0767. The smallest absolute Gasteiger partial charge is 0.253 e. The number of nitrogens with zero attached hydrogens (tertiary/aromatic N) is 4. The van der Waals surface area contributed by atoms with Gasteiger partial charge in [-0.25, -0.2) is 4.98 Å². The van der Waals surface area contributed by atoms with Crippen molar-refractivity contribution in [2.24, 2.45) is 0 Å². The van der Waals surface area contributed by atoms with Gasteiger partial charge in [0.1, 0.15) is 0 Å². The third-order valence-electron chi connectivity index (χ3n) is 6.07. The van der Waals surface area contributed by atoms with Crippen LogP contribution in [0.15, 0.2) is 84.0 Å². The molecule has 0 saturated carbocycles. The number of benzene rings is 2. The number of ether oxygens (including phenoxy) is 1. The van der Waals surface area contributed by atoms with E-state index >= 15 is 0 Å². The molecule has 1 fully saturated rings. The lowest BCUT2D eigenvalue weighted by Crippen LogP contribution is -2.35. The number of hydrogen-bond acceptors (Lipinski definition) is 7. The molecule has 178 valence electrons. The van der Waals surface area contributed by atoms with Gasteiger partial charge in [-0.15, -0.1) is 0 Å². The molecule has 5 rings (SSSR count). The normalized spacial score (nSPS) is 14.0. The molecule has 2 aromatic heterocycles. The first-order valence-corrected chi connectivity index (χ1v) is 12.4. The number of amides is 1. The second-order valence-electron chi connectivity index (χ2n) is 8.28. The van der Waals surface area contributed by atoms with E-state index in [9.17, 15) is 4.79 Å². The minimum Gasteiger partial charge on any atom is -0.480 e. The van der Waals surface area contributed by atoms with E-state index < -0.39 is 0 Å². The topological polar surface area (TPSA) is 70.6 Å². The van der Waals surface area contributed by atoms with Crippen LogP contribution >= 0.6 is 11.9 Å². The summed E-state index contributed by atoms with van der Waals surface area (Å²) in [4.78, 5) is 27.2. The number of pyridine rings is 2. The number of hydrogen-bond donors (Lipinski definition) is 1. The van der Waals surface area contributed by atoms with Crippen molar-refractivity contribution in [2.45, 2.75) is 11.3 Å². The van der Waals surface area contributed by atoms with Gasteiger partial charge in [-0.2, -0.15) is 0 Å². The standard InChI is InChI=1S/C27H27N5O2S/c1-34-26-23(8-4-15-29-26)31-16-5-17-32(19-18-31)27(33)21-10-12-22(13-11-21)30-35-24-9-2-6-20-7-3-14-28-25(20)24/h2-4,6-15,30H,5,16-19H2,1H3. The van der Waals surface area contributed by atoms with Crippen LogP contribution in [-0.4, -0.2) is 54.1 Å². The molecule has 35 heavy (non-hydrogen) atoms. The number of para-hydroxylation sites is 1. The van der Waals surface area contributed by atoms with Crippen molar-refractivity contribution in [3.05, 3.63) is 84.7 Å². The second kappa shape index (κ2) is 10.7. The molecule has 1 amide bonds. The van der Waals surface area contributed by atoms with Crippen molar-refractivity contribution in [1.82, 2.24) is 14.9 Å². The highest BCUT2D eigenvalue weighted by Gasteiger charge is 2.22. The van der Waals surface area contributed by atoms with Crippen LogP contribution in [0.3, 0.4) is 0 Å². The number of methoxy groups -OCH3 is 1. The van der Waals surface area contributed by atoms with Gasteiger partial charge in [0.05, 0.1) is 23.2 Å². The number of carbonyl (C=O) groups is 1. The van der Waals surface area contributed by atoms with E-state index in [1.807, 2.05) is 59.6 Å². The molecule has 0 radical (unpaired) electrons. The Balaban J connectivity index is 1.21. The van der Waals surface area contributed by atoms with Crippen molar-refractivity contribution in [2.75, 3.05) is 42.9 Å². The molecule has 0 unspecified atom stereocenters. The van der Waals surface area contributed by atoms with Crippen LogP contribution in [0.1, 0.15) is 16.8 Å². The molecule has 2 aromatic carbocycles. The Labute approximate surface area is 209 Å². The zero-order valence-electron chi connectivity index (χ0n) is 19.6. The average Bonchev–Trinajstić information content (AvgIpc) is 3.18. The van der Waals surface area contributed by atoms with Crippen molar-refractivity contribution in [3.63, 3.8) is 0 Å². The first kappa shape index (κ1) is 23.0. The number of rotatable bonds is 6. The van der Waals surface area contributed by atoms with E-state index in [0.29, 0.717) is 18.0 Å². The predicted octanol–water partition coefficient (Wildman–Crippen LogP) is 5.11. The maximum atomic E-state index is 13.2. The lowest BCUT2D eigenvalue weighted by Gasteiger charge is -2.24. The first-order chi connectivity index (χ1) is 17.2. The summed E-state index contributed by atoms with van der Waals surface area (Å²) >= 11 is 1.52. The Kier molecular flexibility index (Phi) is 6.99. The van der Waals surface area contributed by atoms with Crippen LogP contribution in [0.2, 0.25) is 0 Å². The van der Waals surface area contributed by atoms with Crippen LogP contribution in [-0.2, 0) is 0 Å². The number of fused-ring (bicyclic) bond motifs is 1. The molecule has 3 heterocycles. The summed E-state index contributed by atoms with van der Waals surface area (Å²) in [6.45, 7) is 2.97. The lowest BCUT2D eigenvalue weighted by atomic mass is 10.2. The van der Waals surface area contributed by atoms with Gasteiger partial charge in [-0.1, -0.05) is 18.2 Å². The molecular weight excluding hydrogens is 458 g/mol. The third-order valence-corrected chi connectivity index (χ3v) is 6.96. The highest BCUT2D eigenvalue weighted by molar-refractivity contribution is 8.00. The first-order valence-electron chi connectivity index (χ1n) is 11.6. The van der Waals surface area contributed by atoms with E-state index in [2.05, 4.69) is 37.8 Å². The van der Waals surface area contributed by atoms with Gasteiger partial charge >= 0.3 is 0 Å².